The summed E-state index contributed by atoms with van der Waals surface area (Å²) in [5.74, 6) is 0. The molecule has 0 radical (unpaired) electrons. The lowest BCUT2D eigenvalue weighted by atomic mass is 10.0. The Bertz CT molecular complexity index is 523. The van der Waals surface area contributed by atoms with Crippen molar-refractivity contribution in [3.8, 4) is 0 Å². The first-order chi connectivity index (χ1) is 9.40. The van der Waals surface area contributed by atoms with Crippen molar-refractivity contribution in [2.75, 3.05) is 18.1 Å². The van der Waals surface area contributed by atoms with E-state index in [0.29, 0.717) is 17.9 Å². The van der Waals surface area contributed by atoms with Gasteiger partial charge in [0.1, 0.15) is 6.61 Å². The van der Waals surface area contributed by atoms with Gasteiger partial charge in [0.15, 0.2) is 0 Å². The zero-order chi connectivity index (χ0) is 13.1. The fraction of sp³-hybridized carbons (Fsp3) is 0.250. The number of rotatable bonds is 4. The highest BCUT2D eigenvalue weighted by molar-refractivity contribution is 8.00. The van der Waals surface area contributed by atoms with Crippen LogP contribution in [-0.2, 0) is 4.74 Å². The van der Waals surface area contributed by atoms with Gasteiger partial charge >= 0.3 is 0 Å². The molecule has 2 nitrogen and oxygen atoms in total. The Morgan fingerprint density at radius 2 is 2.11 bits per heavy atom. The summed E-state index contributed by atoms with van der Waals surface area (Å²) in [6, 6.07) is 9.01. The van der Waals surface area contributed by atoms with E-state index >= 15 is 0 Å². The van der Waals surface area contributed by atoms with Crippen molar-refractivity contribution in [2.24, 2.45) is 0 Å². The SMILES string of the molecule is C=COCCN1c2ccccc2SC2C=CC=CC21. The van der Waals surface area contributed by atoms with Crippen molar-refractivity contribution in [1.29, 1.82) is 0 Å². The van der Waals surface area contributed by atoms with E-state index < -0.39 is 0 Å². The Labute approximate surface area is 118 Å². The second-order valence-corrected chi connectivity index (χ2v) is 5.76. The summed E-state index contributed by atoms with van der Waals surface area (Å²) in [6.45, 7) is 5.15. The minimum atomic E-state index is 0.415. The second-order valence-electron chi connectivity index (χ2n) is 4.54. The minimum absolute atomic E-state index is 0.415. The van der Waals surface area contributed by atoms with Crippen LogP contribution in [0.1, 0.15) is 0 Å². The molecule has 2 aliphatic rings. The van der Waals surface area contributed by atoms with Gasteiger partial charge in [0.2, 0.25) is 0 Å². The molecule has 3 heteroatoms. The van der Waals surface area contributed by atoms with E-state index in [2.05, 4.69) is 60.0 Å². The number of para-hydroxylation sites is 1. The third-order valence-electron chi connectivity index (χ3n) is 3.42. The van der Waals surface area contributed by atoms with Crippen molar-refractivity contribution >= 4 is 17.4 Å². The standard InChI is InChI=1S/C16H17NOS/c1-2-18-12-11-17-13-7-3-5-9-15(13)19-16-10-6-4-8-14(16)17/h2-10,13,15H,1,11-12H2. The van der Waals surface area contributed by atoms with Crippen LogP contribution in [0.3, 0.4) is 0 Å². The molecule has 0 bridgehead atoms. The van der Waals surface area contributed by atoms with Crippen LogP contribution in [0.15, 0.2) is 66.3 Å². The molecule has 2 atom stereocenters. The van der Waals surface area contributed by atoms with E-state index in [1.807, 2.05) is 11.8 Å². The second kappa shape index (κ2) is 5.57. The van der Waals surface area contributed by atoms with E-state index in [0.717, 1.165) is 6.54 Å². The summed E-state index contributed by atoms with van der Waals surface area (Å²) < 4.78 is 5.30. The number of fused-ring (bicyclic) bond motifs is 2. The van der Waals surface area contributed by atoms with Crippen LogP contribution in [0.5, 0.6) is 0 Å². The summed E-state index contributed by atoms with van der Waals surface area (Å²) in [6.07, 6.45) is 10.4. The van der Waals surface area contributed by atoms with Crippen molar-refractivity contribution in [2.45, 2.75) is 16.2 Å². The fourth-order valence-electron chi connectivity index (χ4n) is 2.57. The number of hydrogen-bond acceptors (Lipinski definition) is 3. The maximum atomic E-state index is 5.30. The van der Waals surface area contributed by atoms with E-state index in [4.69, 9.17) is 4.74 Å². The van der Waals surface area contributed by atoms with Gasteiger partial charge in [-0.3, -0.25) is 0 Å². The Balaban J connectivity index is 1.90. The molecule has 1 aromatic rings. The van der Waals surface area contributed by atoms with Crippen molar-refractivity contribution in [3.05, 3.63) is 61.4 Å². The smallest absolute Gasteiger partial charge is 0.105 e. The van der Waals surface area contributed by atoms with Crippen LogP contribution in [0.2, 0.25) is 0 Å². The Kier molecular flexibility index (Phi) is 3.65. The van der Waals surface area contributed by atoms with Crippen LogP contribution in [0.4, 0.5) is 5.69 Å². The Morgan fingerprint density at radius 1 is 1.26 bits per heavy atom. The Morgan fingerprint density at radius 3 is 3.00 bits per heavy atom. The normalized spacial score (nSPS) is 23.7. The summed E-state index contributed by atoms with van der Waals surface area (Å²) >= 11 is 1.94. The molecule has 1 heterocycles. The maximum absolute atomic E-state index is 5.30. The molecule has 3 rings (SSSR count). The number of nitrogens with zero attached hydrogens (tertiary/aromatic N) is 1. The number of benzene rings is 1. The first-order valence-electron chi connectivity index (χ1n) is 6.50. The summed E-state index contributed by atoms with van der Waals surface area (Å²) in [4.78, 5) is 3.78. The Hall–Kier alpha value is -1.61. The average molecular weight is 271 g/mol. The predicted octanol–water partition coefficient (Wildman–Crippen LogP) is 3.62. The molecule has 0 saturated heterocycles. The van der Waals surface area contributed by atoms with Gasteiger partial charge in [0, 0.05) is 4.90 Å². The molecule has 0 spiro atoms. The third kappa shape index (κ3) is 2.43. The van der Waals surface area contributed by atoms with E-state index in [1.165, 1.54) is 16.8 Å². The van der Waals surface area contributed by atoms with Crippen LogP contribution >= 0.6 is 11.8 Å². The van der Waals surface area contributed by atoms with Gasteiger partial charge in [-0.15, -0.1) is 11.8 Å². The molecule has 1 aliphatic heterocycles. The van der Waals surface area contributed by atoms with Crippen molar-refractivity contribution in [1.82, 2.24) is 0 Å². The van der Waals surface area contributed by atoms with E-state index in [9.17, 15) is 0 Å². The largest absolute Gasteiger partial charge is 0.500 e. The summed E-state index contributed by atoms with van der Waals surface area (Å²) in [7, 11) is 0. The maximum Gasteiger partial charge on any atom is 0.105 e. The zero-order valence-electron chi connectivity index (χ0n) is 10.7. The molecular weight excluding hydrogens is 254 g/mol. The fourth-order valence-corrected chi connectivity index (χ4v) is 3.87. The number of hydrogen-bond donors (Lipinski definition) is 0. The molecule has 0 saturated carbocycles. The molecule has 19 heavy (non-hydrogen) atoms. The van der Waals surface area contributed by atoms with Crippen molar-refractivity contribution < 1.29 is 4.74 Å². The molecule has 1 aliphatic carbocycles. The van der Waals surface area contributed by atoms with Crippen LogP contribution < -0.4 is 4.90 Å². The van der Waals surface area contributed by atoms with Gasteiger partial charge in [0.05, 0.1) is 29.8 Å². The summed E-state index contributed by atoms with van der Waals surface area (Å²) in [5, 5.41) is 0.489. The first-order valence-corrected chi connectivity index (χ1v) is 7.38. The zero-order valence-corrected chi connectivity index (χ0v) is 11.6. The van der Waals surface area contributed by atoms with Gasteiger partial charge < -0.3 is 9.64 Å². The summed E-state index contributed by atoms with van der Waals surface area (Å²) in [5.41, 5.74) is 1.31. The van der Waals surface area contributed by atoms with Gasteiger partial charge in [-0.25, -0.2) is 0 Å². The molecule has 0 amide bonds. The molecule has 1 aromatic carbocycles. The minimum Gasteiger partial charge on any atom is -0.500 e. The monoisotopic (exact) mass is 271 g/mol. The number of thioether (sulfide) groups is 1. The highest BCUT2D eigenvalue weighted by atomic mass is 32.2. The topological polar surface area (TPSA) is 12.5 Å². The lowest BCUT2D eigenvalue weighted by Gasteiger charge is -2.41. The lowest BCUT2D eigenvalue weighted by Crippen LogP contribution is -2.45. The molecule has 98 valence electrons. The first kappa shape index (κ1) is 12.4. The predicted molar refractivity (Wildman–Crippen MR) is 81.7 cm³/mol. The quantitative estimate of drug-likeness (QED) is 0.613. The average Bonchev–Trinajstić information content (AvgIpc) is 2.46. The van der Waals surface area contributed by atoms with Gasteiger partial charge in [-0.1, -0.05) is 43.0 Å². The highest BCUT2D eigenvalue weighted by Crippen LogP contribution is 2.43. The lowest BCUT2D eigenvalue weighted by molar-refractivity contribution is 0.255. The van der Waals surface area contributed by atoms with Gasteiger partial charge in [-0.2, -0.15) is 0 Å². The van der Waals surface area contributed by atoms with Crippen LogP contribution in [0, 0.1) is 0 Å². The van der Waals surface area contributed by atoms with Crippen molar-refractivity contribution in [3.63, 3.8) is 0 Å². The molecule has 0 fully saturated rings. The van der Waals surface area contributed by atoms with Crippen LogP contribution in [-0.4, -0.2) is 24.4 Å². The molecular formula is C16H17NOS. The third-order valence-corrected chi connectivity index (χ3v) is 4.73. The number of anilines is 1. The van der Waals surface area contributed by atoms with Gasteiger partial charge in [0.25, 0.3) is 0 Å². The van der Waals surface area contributed by atoms with E-state index in [1.54, 1.807) is 0 Å². The van der Waals surface area contributed by atoms with E-state index in [-0.39, 0.29) is 0 Å². The number of ether oxygens (including phenoxy) is 1. The van der Waals surface area contributed by atoms with Crippen LogP contribution in [0.25, 0.3) is 0 Å². The molecule has 0 aromatic heterocycles. The molecule has 0 N–H and O–H groups in total. The highest BCUT2D eigenvalue weighted by Gasteiger charge is 2.32. The molecule has 2 unspecified atom stereocenters. The number of allylic oxidation sites excluding steroid dienone is 2. The van der Waals surface area contributed by atoms with Gasteiger partial charge in [-0.05, 0) is 12.1 Å².